The molecule has 0 spiro atoms. The third kappa shape index (κ3) is 2.78. The second-order valence-corrected chi connectivity index (χ2v) is 6.30. The summed E-state index contributed by atoms with van der Waals surface area (Å²) in [5.74, 6) is 0.230. The standard InChI is InChI=1S/C16H21FN2O/c1-16(2,3)19-9-11(8-18)14(10-19)13-7-12(17)5-6-15(13)20-4/h5-7,11,14H,9-10H2,1-4H3/t11-,14-/m1/s1. The van der Waals surface area contributed by atoms with E-state index in [0.717, 1.165) is 12.1 Å². The molecule has 0 amide bonds. The zero-order valence-electron chi connectivity index (χ0n) is 12.5. The van der Waals surface area contributed by atoms with Gasteiger partial charge in [0.15, 0.2) is 0 Å². The number of ether oxygens (including phenoxy) is 1. The molecule has 0 N–H and O–H groups in total. The molecular formula is C16H21FN2O. The summed E-state index contributed by atoms with van der Waals surface area (Å²) in [6.07, 6.45) is 0. The first kappa shape index (κ1) is 14.8. The van der Waals surface area contributed by atoms with Crippen molar-refractivity contribution in [3.8, 4) is 11.8 Å². The molecule has 1 aromatic carbocycles. The van der Waals surface area contributed by atoms with Crippen molar-refractivity contribution in [2.75, 3.05) is 20.2 Å². The van der Waals surface area contributed by atoms with Gasteiger partial charge in [-0.1, -0.05) is 0 Å². The average Bonchev–Trinajstić information content (AvgIpc) is 2.82. The molecule has 20 heavy (non-hydrogen) atoms. The van der Waals surface area contributed by atoms with Gasteiger partial charge in [-0.15, -0.1) is 0 Å². The van der Waals surface area contributed by atoms with Crippen molar-refractivity contribution < 1.29 is 9.13 Å². The van der Waals surface area contributed by atoms with Crippen LogP contribution in [0.1, 0.15) is 32.3 Å². The highest BCUT2D eigenvalue weighted by Crippen LogP contribution is 2.39. The molecule has 2 atom stereocenters. The summed E-state index contributed by atoms with van der Waals surface area (Å²) in [5, 5.41) is 9.40. The minimum absolute atomic E-state index is 0.00438. The lowest BCUT2D eigenvalue weighted by molar-refractivity contribution is 0.170. The molecule has 1 aliphatic rings. The van der Waals surface area contributed by atoms with Gasteiger partial charge in [-0.05, 0) is 39.0 Å². The van der Waals surface area contributed by atoms with Crippen LogP contribution in [0.4, 0.5) is 4.39 Å². The van der Waals surface area contributed by atoms with Crippen molar-refractivity contribution in [1.82, 2.24) is 4.90 Å². The number of rotatable bonds is 2. The van der Waals surface area contributed by atoms with E-state index in [1.54, 1.807) is 13.2 Å². The molecule has 1 heterocycles. The molecule has 0 aliphatic carbocycles. The molecule has 1 saturated heterocycles. The first-order chi connectivity index (χ1) is 9.36. The van der Waals surface area contributed by atoms with Crippen LogP contribution in [0.25, 0.3) is 0 Å². The second-order valence-electron chi connectivity index (χ2n) is 6.30. The van der Waals surface area contributed by atoms with E-state index in [-0.39, 0.29) is 23.2 Å². The smallest absolute Gasteiger partial charge is 0.123 e. The third-order valence-electron chi connectivity index (χ3n) is 4.03. The number of benzene rings is 1. The van der Waals surface area contributed by atoms with Gasteiger partial charge in [0.1, 0.15) is 11.6 Å². The average molecular weight is 276 g/mol. The maximum atomic E-state index is 13.5. The lowest BCUT2D eigenvalue weighted by Crippen LogP contribution is -2.39. The van der Waals surface area contributed by atoms with E-state index in [2.05, 4.69) is 31.7 Å². The van der Waals surface area contributed by atoms with Crippen molar-refractivity contribution >= 4 is 0 Å². The molecule has 0 aromatic heterocycles. The zero-order valence-corrected chi connectivity index (χ0v) is 12.5. The number of nitriles is 1. The largest absolute Gasteiger partial charge is 0.496 e. The first-order valence-corrected chi connectivity index (χ1v) is 6.85. The van der Waals surface area contributed by atoms with Gasteiger partial charge < -0.3 is 4.74 Å². The topological polar surface area (TPSA) is 36.3 Å². The molecular weight excluding hydrogens is 255 g/mol. The van der Waals surface area contributed by atoms with Crippen molar-refractivity contribution in [2.45, 2.75) is 32.2 Å². The Labute approximate surface area is 120 Å². The second kappa shape index (κ2) is 5.41. The molecule has 0 radical (unpaired) electrons. The minimum atomic E-state index is -0.285. The number of hydrogen-bond donors (Lipinski definition) is 0. The predicted molar refractivity (Wildman–Crippen MR) is 76.1 cm³/mol. The van der Waals surface area contributed by atoms with Gasteiger partial charge in [-0.2, -0.15) is 5.26 Å². The quantitative estimate of drug-likeness (QED) is 0.832. The van der Waals surface area contributed by atoms with Crippen LogP contribution >= 0.6 is 0 Å². The van der Waals surface area contributed by atoms with E-state index >= 15 is 0 Å². The summed E-state index contributed by atoms with van der Waals surface area (Å²) in [6.45, 7) is 7.86. The van der Waals surface area contributed by atoms with E-state index in [9.17, 15) is 9.65 Å². The van der Waals surface area contributed by atoms with E-state index in [1.807, 2.05) is 0 Å². The molecule has 0 unspecified atom stereocenters. The highest BCUT2D eigenvalue weighted by molar-refractivity contribution is 5.39. The number of halogens is 1. The number of methoxy groups -OCH3 is 1. The van der Waals surface area contributed by atoms with Crippen LogP contribution in [0.15, 0.2) is 18.2 Å². The maximum absolute atomic E-state index is 13.5. The van der Waals surface area contributed by atoms with Crippen LogP contribution in [0, 0.1) is 23.1 Å². The number of nitrogens with zero attached hydrogens (tertiary/aromatic N) is 2. The van der Waals surface area contributed by atoms with Gasteiger partial charge >= 0.3 is 0 Å². The van der Waals surface area contributed by atoms with Gasteiger partial charge in [0.05, 0.1) is 19.1 Å². The fourth-order valence-corrected chi connectivity index (χ4v) is 2.79. The number of likely N-dealkylation sites (tertiary alicyclic amines) is 1. The van der Waals surface area contributed by atoms with E-state index in [1.165, 1.54) is 12.1 Å². The fraction of sp³-hybridized carbons (Fsp3) is 0.562. The van der Waals surface area contributed by atoms with Gasteiger partial charge in [0.2, 0.25) is 0 Å². The van der Waals surface area contributed by atoms with Crippen LogP contribution < -0.4 is 4.74 Å². The molecule has 2 rings (SSSR count). The Balaban J connectivity index is 2.37. The molecule has 108 valence electrons. The maximum Gasteiger partial charge on any atom is 0.123 e. The summed E-state index contributed by atoms with van der Waals surface area (Å²) in [5.41, 5.74) is 0.801. The van der Waals surface area contributed by atoms with Gasteiger partial charge in [0.25, 0.3) is 0 Å². The van der Waals surface area contributed by atoms with Crippen LogP contribution in [-0.4, -0.2) is 30.6 Å². The van der Waals surface area contributed by atoms with Gasteiger partial charge in [-0.3, -0.25) is 4.90 Å². The highest BCUT2D eigenvalue weighted by atomic mass is 19.1. The van der Waals surface area contributed by atoms with Crippen molar-refractivity contribution in [2.24, 2.45) is 5.92 Å². The van der Waals surface area contributed by atoms with Crippen LogP contribution in [-0.2, 0) is 0 Å². The molecule has 4 heteroatoms. The molecule has 1 fully saturated rings. The van der Waals surface area contributed by atoms with E-state index in [4.69, 9.17) is 4.74 Å². The fourth-order valence-electron chi connectivity index (χ4n) is 2.79. The van der Waals surface area contributed by atoms with Crippen molar-refractivity contribution in [3.63, 3.8) is 0 Å². The van der Waals surface area contributed by atoms with Gasteiger partial charge in [-0.25, -0.2) is 4.39 Å². The van der Waals surface area contributed by atoms with Crippen molar-refractivity contribution in [3.05, 3.63) is 29.6 Å². The Morgan fingerprint density at radius 2 is 2.05 bits per heavy atom. The molecule has 0 saturated carbocycles. The number of hydrogen-bond acceptors (Lipinski definition) is 3. The zero-order chi connectivity index (χ0) is 14.9. The normalized spacial score (nSPS) is 23.6. The SMILES string of the molecule is COc1ccc(F)cc1[C@@H]1CN(C(C)(C)C)C[C@H]1C#N. The minimum Gasteiger partial charge on any atom is -0.496 e. The van der Waals surface area contributed by atoms with Gasteiger partial charge in [0, 0.05) is 30.1 Å². The predicted octanol–water partition coefficient (Wildman–Crippen LogP) is 3.17. The summed E-state index contributed by atoms with van der Waals surface area (Å²) in [4.78, 5) is 2.27. The monoisotopic (exact) mass is 276 g/mol. The van der Waals surface area contributed by atoms with Crippen LogP contribution in [0.2, 0.25) is 0 Å². The van der Waals surface area contributed by atoms with Crippen molar-refractivity contribution in [1.29, 1.82) is 5.26 Å². The van der Waals surface area contributed by atoms with E-state index in [0.29, 0.717) is 12.3 Å². The summed E-state index contributed by atoms with van der Waals surface area (Å²) < 4.78 is 18.9. The first-order valence-electron chi connectivity index (χ1n) is 6.85. The lowest BCUT2D eigenvalue weighted by atomic mass is 9.89. The third-order valence-corrected chi connectivity index (χ3v) is 4.03. The van der Waals surface area contributed by atoms with Crippen LogP contribution in [0.3, 0.4) is 0 Å². The Bertz CT molecular complexity index is 530. The highest BCUT2D eigenvalue weighted by Gasteiger charge is 2.39. The summed E-state index contributed by atoms with van der Waals surface area (Å²) in [6, 6.07) is 6.89. The van der Waals surface area contributed by atoms with E-state index < -0.39 is 0 Å². The van der Waals surface area contributed by atoms with Crippen LogP contribution in [0.5, 0.6) is 5.75 Å². The molecule has 3 nitrogen and oxygen atoms in total. The summed E-state index contributed by atoms with van der Waals surface area (Å²) in [7, 11) is 1.58. The Morgan fingerprint density at radius 3 is 2.60 bits per heavy atom. The Morgan fingerprint density at radius 1 is 1.35 bits per heavy atom. The molecule has 1 aromatic rings. The Hall–Kier alpha value is -1.60. The lowest BCUT2D eigenvalue weighted by Gasteiger charge is -2.31. The summed E-state index contributed by atoms with van der Waals surface area (Å²) >= 11 is 0. The molecule has 1 aliphatic heterocycles. The molecule has 0 bridgehead atoms. The Kier molecular flexibility index (Phi) is 4.01.